The van der Waals surface area contributed by atoms with Crippen LogP contribution >= 0.6 is 47.2 Å². The molecular formula is C38H36Cl4F4N4O6. The molecule has 0 saturated heterocycles. The molecule has 10 nitrogen and oxygen atoms in total. The van der Waals surface area contributed by atoms with Crippen LogP contribution in [0.2, 0.25) is 10.0 Å². The molecule has 0 radical (unpaired) electrons. The summed E-state index contributed by atoms with van der Waals surface area (Å²) < 4.78 is 63.7. The number of carbonyl (C=O) groups excluding carboxylic acids is 4. The summed E-state index contributed by atoms with van der Waals surface area (Å²) in [6, 6.07) is 12.1. The molecular weight excluding hydrogens is 826 g/mol. The van der Waals surface area contributed by atoms with Crippen molar-refractivity contribution in [3.05, 3.63) is 127 Å². The number of hydrogen-bond acceptors (Lipinski definition) is 7. The van der Waals surface area contributed by atoms with Crippen molar-refractivity contribution in [2.75, 3.05) is 38.1 Å². The van der Waals surface area contributed by atoms with Crippen molar-refractivity contribution in [3.8, 4) is 0 Å². The van der Waals surface area contributed by atoms with E-state index in [2.05, 4.69) is 20.7 Å². The molecule has 0 bridgehead atoms. The molecule has 56 heavy (non-hydrogen) atoms. The summed E-state index contributed by atoms with van der Waals surface area (Å²) in [6.45, 7) is -0.124. The quantitative estimate of drug-likeness (QED) is 0.0979. The molecule has 4 aromatic carbocycles. The summed E-state index contributed by atoms with van der Waals surface area (Å²) in [6.07, 6.45) is 2.09. The van der Waals surface area contributed by atoms with Crippen molar-refractivity contribution >= 4 is 81.5 Å². The molecule has 0 aromatic heterocycles. The fraction of sp³-hybridized carbons (Fsp3) is 0.263. The highest BCUT2D eigenvalue weighted by Gasteiger charge is 2.31. The van der Waals surface area contributed by atoms with Gasteiger partial charge < -0.3 is 31.2 Å². The number of anilines is 2. The first-order valence-corrected chi connectivity index (χ1v) is 17.6. The standard InChI is InChI=1S/C19H17ClF2N2O3.C16H13ClF2N2O.C3H5ClO2.ClH/c1-27-9-17(25)24-16-7-4-11-12(3-6-15(22)18(11)16)19(26)23-10-2-5-14(21)13(20)8-10;17-11-7-8(1-4-12(11)18)21-16(22)10-2-5-13(19)15-9(10)3-6-14(15)20;1-6-2-3(4)5;/h2-3,5-6,8,16H,4,7,9H2,1H3,(H,23,26)(H,24,25);1-2,4-5,7,14H,3,6,20H2,(H,21,22);2H2,1H3;1H/t16-;14-;;/m00../s1. The minimum absolute atomic E-state index is 0. The second-order valence-electron chi connectivity index (χ2n) is 12.2. The van der Waals surface area contributed by atoms with Crippen molar-refractivity contribution in [2.24, 2.45) is 5.73 Å². The van der Waals surface area contributed by atoms with Gasteiger partial charge in [-0.3, -0.25) is 19.2 Å². The van der Waals surface area contributed by atoms with Gasteiger partial charge >= 0.3 is 0 Å². The highest BCUT2D eigenvalue weighted by molar-refractivity contribution is 6.63. The Bertz CT molecular complexity index is 2090. The third kappa shape index (κ3) is 11.9. The second-order valence-corrected chi connectivity index (χ2v) is 13.4. The molecule has 0 unspecified atom stereocenters. The van der Waals surface area contributed by atoms with Gasteiger partial charge in [0, 0.05) is 53.9 Å². The third-order valence-corrected chi connectivity index (χ3v) is 9.12. The number of hydrogen-bond donors (Lipinski definition) is 4. The van der Waals surface area contributed by atoms with E-state index in [9.17, 15) is 36.7 Å². The van der Waals surface area contributed by atoms with Gasteiger partial charge in [-0.1, -0.05) is 23.2 Å². The average Bonchev–Trinajstić information content (AvgIpc) is 3.73. The van der Waals surface area contributed by atoms with Crippen LogP contribution in [0.15, 0.2) is 60.7 Å². The lowest BCUT2D eigenvalue weighted by Gasteiger charge is -2.16. The van der Waals surface area contributed by atoms with E-state index in [4.69, 9.17) is 45.3 Å². The maximum absolute atomic E-state index is 14.4. The maximum Gasteiger partial charge on any atom is 0.255 e. The largest absolute Gasteiger partial charge is 0.376 e. The number of carbonyl (C=O) groups is 4. The summed E-state index contributed by atoms with van der Waals surface area (Å²) in [5.41, 5.74) is 9.15. The van der Waals surface area contributed by atoms with Gasteiger partial charge in [-0.2, -0.15) is 0 Å². The molecule has 2 aliphatic rings. The van der Waals surface area contributed by atoms with E-state index in [-0.39, 0.29) is 53.4 Å². The number of nitrogens with two attached hydrogens (primary N) is 1. The predicted molar refractivity (Wildman–Crippen MR) is 208 cm³/mol. The lowest BCUT2D eigenvalue weighted by molar-refractivity contribution is -0.125. The Morgan fingerprint density at radius 3 is 1.59 bits per heavy atom. The Morgan fingerprint density at radius 2 is 1.14 bits per heavy atom. The van der Waals surface area contributed by atoms with Gasteiger partial charge in [-0.15, -0.1) is 12.4 Å². The van der Waals surface area contributed by atoms with Crippen LogP contribution in [-0.2, 0) is 31.9 Å². The van der Waals surface area contributed by atoms with E-state index < -0.39 is 40.6 Å². The number of ether oxygens (including phenoxy) is 2. The number of rotatable bonds is 9. The van der Waals surface area contributed by atoms with Crippen LogP contribution in [0.1, 0.15) is 67.9 Å². The normalized spacial score (nSPS) is 14.8. The van der Waals surface area contributed by atoms with Crippen LogP contribution in [0.25, 0.3) is 0 Å². The predicted octanol–water partition coefficient (Wildman–Crippen LogP) is 8.26. The molecule has 2 atom stereocenters. The van der Waals surface area contributed by atoms with E-state index in [1.807, 2.05) is 0 Å². The van der Waals surface area contributed by atoms with Gasteiger partial charge in [-0.05, 0) is 109 Å². The minimum atomic E-state index is -0.591. The van der Waals surface area contributed by atoms with Crippen molar-refractivity contribution in [2.45, 2.75) is 37.8 Å². The smallest absolute Gasteiger partial charge is 0.255 e. The van der Waals surface area contributed by atoms with Crippen LogP contribution in [0.5, 0.6) is 0 Å². The Kier molecular flexibility index (Phi) is 17.5. The molecule has 2 aliphatic carbocycles. The molecule has 0 heterocycles. The van der Waals surface area contributed by atoms with E-state index >= 15 is 0 Å². The summed E-state index contributed by atoms with van der Waals surface area (Å²) >= 11 is 16.2. The maximum atomic E-state index is 14.4. The SMILES string of the molecule is COCC(=O)Cl.COCC(=O)N[C@H]1CCc2c(C(=O)Nc3ccc(F)c(Cl)c3)ccc(F)c21.Cl.N[C@H]1CCc2c(C(=O)Nc3ccc(F)c(Cl)c3)ccc(F)c21. The monoisotopic (exact) mass is 860 g/mol. The molecule has 5 N–H and O–H groups in total. The van der Waals surface area contributed by atoms with Gasteiger partial charge in [0.25, 0.3) is 11.8 Å². The zero-order valence-electron chi connectivity index (χ0n) is 29.8. The fourth-order valence-corrected chi connectivity index (χ4v) is 6.53. The van der Waals surface area contributed by atoms with Gasteiger partial charge in [0.2, 0.25) is 11.1 Å². The molecule has 4 aromatic rings. The topological polar surface area (TPSA) is 149 Å². The number of halogens is 8. The van der Waals surface area contributed by atoms with Crippen LogP contribution in [0.4, 0.5) is 28.9 Å². The number of nitrogens with one attached hydrogen (secondary N) is 3. The number of amides is 3. The highest BCUT2D eigenvalue weighted by Crippen LogP contribution is 2.36. The molecule has 18 heteroatoms. The van der Waals surface area contributed by atoms with Crippen molar-refractivity contribution in [1.82, 2.24) is 5.32 Å². The zero-order chi connectivity index (χ0) is 40.4. The molecule has 6 rings (SSSR count). The van der Waals surface area contributed by atoms with Crippen LogP contribution in [-0.4, -0.2) is 50.4 Å². The first-order valence-electron chi connectivity index (χ1n) is 16.5. The van der Waals surface area contributed by atoms with Crippen LogP contribution < -0.4 is 21.7 Å². The summed E-state index contributed by atoms with van der Waals surface area (Å²) in [5.74, 6) is -3.23. The lowest BCUT2D eigenvalue weighted by atomic mass is 10.0. The molecule has 0 spiro atoms. The molecule has 3 amide bonds. The number of benzene rings is 4. The Morgan fingerprint density at radius 1 is 0.696 bits per heavy atom. The Labute approximate surface area is 340 Å². The minimum Gasteiger partial charge on any atom is -0.376 e. The summed E-state index contributed by atoms with van der Waals surface area (Å²) in [4.78, 5) is 46.5. The average molecular weight is 863 g/mol. The fourth-order valence-electron chi connectivity index (χ4n) is 6.06. The lowest BCUT2D eigenvalue weighted by Crippen LogP contribution is -2.30. The molecule has 0 aliphatic heterocycles. The van der Waals surface area contributed by atoms with Gasteiger partial charge in [0.15, 0.2) is 0 Å². The molecule has 0 saturated carbocycles. The van der Waals surface area contributed by atoms with Crippen molar-refractivity contribution in [3.63, 3.8) is 0 Å². The Balaban J connectivity index is 0.000000262. The van der Waals surface area contributed by atoms with Gasteiger partial charge in [0.1, 0.15) is 36.5 Å². The molecule has 0 fully saturated rings. The third-order valence-electron chi connectivity index (χ3n) is 8.43. The van der Waals surface area contributed by atoms with Crippen molar-refractivity contribution < 1.29 is 46.2 Å². The second kappa shape index (κ2) is 21.3. The van der Waals surface area contributed by atoms with Gasteiger partial charge in [-0.25, -0.2) is 17.6 Å². The Hall–Kier alpha value is -4.28. The van der Waals surface area contributed by atoms with E-state index in [1.54, 1.807) is 0 Å². The first kappa shape index (κ1) is 46.1. The first-order chi connectivity index (χ1) is 26.1. The zero-order valence-corrected chi connectivity index (χ0v) is 32.8. The van der Waals surface area contributed by atoms with E-state index in [0.717, 1.165) is 6.07 Å². The molecule has 300 valence electrons. The summed E-state index contributed by atoms with van der Waals surface area (Å²) in [7, 11) is 2.81. The summed E-state index contributed by atoms with van der Waals surface area (Å²) in [5, 5.41) is 7.33. The van der Waals surface area contributed by atoms with E-state index in [0.29, 0.717) is 70.4 Å². The van der Waals surface area contributed by atoms with Crippen molar-refractivity contribution in [1.29, 1.82) is 0 Å². The number of methoxy groups -OCH3 is 2. The van der Waals surface area contributed by atoms with Crippen LogP contribution in [0, 0.1) is 23.3 Å². The van der Waals surface area contributed by atoms with E-state index in [1.165, 1.54) is 68.8 Å². The van der Waals surface area contributed by atoms with Crippen LogP contribution in [0.3, 0.4) is 0 Å². The highest BCUT2D eigenvalue weighted by atomic mass is 35.5. The van der Waals surface area contributed by atoms with Gasteiger partial charge in [0.05, 0.1) is 16.1 Å². The number of fused-ring (bicyclic) bond motifs is 2.